The van der Waals surface area contributed by atoms with Crippen LogP contribution in [0.2, 0.25) is 0 Å². The molecular weight excluding hydrogens is 247 g/mol. The fourth-order valence-electron chi connectivity index (χ4n) is 1.35. The van der Waals surface area contributed by atoms with Crippen LogP contribution in [-0.4, -0.2) is 17.2 Å². The molecule has 3 nitrogen and oxygen atoms in total. The van der Waals surface area contributed by atoms with E-state index < -0.39 is 11.9 Å². The zero-order valence-corrected chi connectivity index (χ0v) is 10.1. The highest BCUT2D eigenvalue weighted by atomic mass is 19.4. The predicted molar refractivity (Wildman–Crippen MR) is 58.7 cm³/mol. The van der Waals surface area contributed by atoms with Crippen LogP contribution in [0.3, 0.4) is 0 Å². The van der Waals surface area contributed by atoms with E-state index in [1.807, 2.05) is 0 Å². The third kappa shape index (κ3) is 3.27. The number of halogens is 3. The van der Waals surface area contributed by atoms with Crippen molar-refractivity contribution in [2.45, 2.75) is 45.1 Å². The van der Waals surface area contributed by atoms with Crippen molar-refractivity contribution in [3.8, 4) is 11.6 Å². The first-order valence-electron chi connectivity index (χ1n) is 5.78. The summed E-state index contributed by atoms with van der Waals surface area (Å²) in [5, 5.41) is 0. The van der Waals surface area contributed by atoms with Crippen molar-refractivity contribution in [2.24, 2.45) is 0 Å². The van der Waals surface area contributed by atoms with Crippen LogP contribution in [0, 0.1) is 0 Å². The van der Waals surface area contributed by atoms with Crippen LogP contribution in [0.1, 0.15) is 32.4 Å². The Kier molecular flexibility index (Phi) is 3.36. The van der Waals surface area contributed by atoms with Crippen LogP contribution in [0.15, 0.2) is 12.1 Å². The molecule has 0 N–H and O–H groups in total. The summed E-state index contributed by atoms with van der Waals surface area (Å²) in [4.78, 5) is 3.49. The summed E-state index contributed by atoms with van der Waals surface area (Å²) < 4.78 is 48.4. The van der Waals surface area contributed by atoms with Crippen LogP contribution in [-0.2, 0) is 6.18 Å². The molecule has 1 aliphatic rings. The van der Waals surface area contributed by atoms with Gasteiger partial charge in [-0.1, -0.05) is 0 Å². The van der Waals surface area contributed by atoms with Gasteiger partial charge in [0.05, 0.1) is 12.2 Å². The summed E-state index contributed by atoms with van der Waals surface area (Å²) in [5.41, 5.74) is -0.971. The van der Waals surface area contributed by atoms with Gasteiger partial charge in [0.1, 0.15) is 5.69 Å². The van der Waals surface area contributed by atoms with Gasteiger partial charge in [0.2, 0.25) is 0 Å². The second kappa shape index (κ2) is 4.66. The number of ether oxygens (including phenoxy) is 2. The predicted octanol–water partition coefficient (Wildman–Crippen LogP) is 3.43. The molecule has 0 unspecified atom stereocenters. The zero-order valence-electron chi connectivity index (χ0n) is 10.1. The van der Waals surface area contributed by atoms with E-state index in [0.29, 0.717) is 0 Å². The summed E-state index contributed by atoms with van der Waals surface area (Å²) in [6, 6.07) is 2.18. The number of hydrogen-bond acceptors (Lipinski definition) is 3. The van der Waals surface area contributed by atoms with Crippen molar-refractivity contribution in [1.82, 2.24) is 4.98 Å². The fraction of sp³-hybridized carbons (Fsp3) is 0.583. The lowest BCUT2D eigenvalue weighted by Gasteiger charge is -2.15. The first-order valence-corrected chi connectivity index (χ1v) is 5.78. The van der Waals surface area contributed by atoms with Crippen molar-refractivity contribution in [3.63, 3.8) is 0 Å². The largest absolute Gasteiger partial charge is 0.485 e. The molecule has 1 aromatic heterocycles. The van der Waals surface area contributed by atoms with E-state index in [4.69, 9.17) is 9.47 Å². The molecule has 1 aromatic rings. The van der Waals surface area contributed by atoms with E-state index in [1.54, 1.807) is 13.8 Å². The summed E-state index contributed by atoms with van der Waals surface area (Å²) in [7, 11) is 0. The van der Waals surface area contributed by atoms with Gasteiger partial charge in [-0.3, -0.25) is 0 Å². The van der Waals surface area contributed by atoms with Crippen LogP contribution >= 0.6 is 0 Å². The average molecular weight is 261 g/mol. The first-order chi connectivity index (χ1) is 8.36. The van der Waals surface area contributed by atoms with E-state index in [9.17, 15) is 13.2 Å². The second-order valence-electron chi connectivity index (χ2n) is 4.48. The Morgan fingerprint density at radius 2 is 1.94 bits per heavy atom. The van der Waals surface area contributed by atoms with E-state index in [-0.39, 0.29) is 23.8 Å². The Morgan fingerprint density at radius 1 is 1.28 bits per heavy atom. The highest BCUT2D eigenvalue weighted by Crippen LogP contribution is 2.36. The van der Waals surface area contributed by atoms with Crippen LogP contribution < -0.4 is 9.47 Å². The molecular formula is C12H14F3NO2. The van der Waals surface area contributed by atoms with Crippen molar-refractivity contribution >= 4 is 0 Å². The fourth-order valence-corrected chi connectivity index (χ4v) is 1.35. The minimum absolute atomic E-state index is 0.0815. The lowest BCUT2D eigenvalue weighted by molar-refractivity contribution is -0.141. The van der Waals surface area contributed by atoms with Gasteiger partial charge in [0.15, 0.2) is 5.75 Å². The van der Waals surface area contributed by atoms with Crippen LogP contribution in [0.25, 0.3) is 0 Å². The molecule has 0 amide bonds. The number of rotatable bonds is 4. The van der Waals surface area contributed by atoms with Gasteiger partial charge < -0.3 is 9.47 Å². The SMILES string of the molecule is CC(C)Oc1nc(C(F)(F)F)ccc1OC1CC1. The normalized spacial score (nSPS) is 15.9. The second-order valence-corrected chi connectivity index (χ2v) is 4.48. The molecule has 1 saturated carbocycles. The first kappa shape index (κ1) is 13.0. The van der Waals surface area contributed by atoms with E-state index >= 15 is 0 Å². The Balaban J connectivity index is 2.27. The molecule has 0 radical (unpaired) electrons. The molecule has 1 aliphatic carbocycles. The summed E-state index contributed by atoms with van der Waals surface area (Å²) in [6.07, 6.45) is -2.82. The molecule has 0 aromatic carbocycles. The lowest BCUT2D eigenvalue weighted by atomic mass is 10.3. The number of nitrogens with zero attached hydrogens (tertiary/aromatic N) is 1. The van der Waals surface area contributed by atoms with Gasteiger partial charge in [-0.2, -0.15) is 13.2 Å². The minimum atomic E-state index is -4.48. The highest BCUT2D eigenvalue weighted by molar-refractivity contribution is 5.36. The lowest BCUT2D eigenvalue weighted by Crippen LogP contribution is -2.13. The highest BCUT2D eigenvalue weighted by Gasteiger charge is 2.34. The zero-order chi connectivity index (χ0) is 13.3. The van der Waals surface area contributed by atoms with Gasteiger partial charge in [-0.15, -0.1) is 0 Å². The van der Waals surface area contributed by atoms with Crippen LogP contribution in [0.4, 0.5) is 13.2 Å². The molecule has 0 spiro atoms. The third-order valence-corrected chi connectivity index (χ3v) is 2.28. The molecule has 18 heavy (non-hydrogen) atoms. The third-order valence-electron chi connectivity index (χ3n) is 2.28. The quantitative estimate of drug-likeness (QED) is 0.832. The number of alkyl halides is 3. The minimum Gasteiger partial charge on any atom is -0.485 e. The standard InChI is InChI=1S/C12H14F3NO2/c1-7(2)17-11-9(18-8-3-4-8)5-6-10(16-11)12(13,14)15/h5-8H,3-4H2,1-2H3. The molecule has 2 rings (SSSR count). The molecule has 0 atom stereocenters. The molecule has 0 saturated heterocycles. The molecule has 0 bridgehead atoms. The summed E-state index contributed by atoms with van der Waals surface area (Å²) in [6.45, 7) is 3.45. The Morgan fingerprint density at radius 3 is 2.44 bits per heavy atom. The van der Waals surface area contributed by atoms with Gasteiger partial charge in [0.25, 0.3) is 5.88 Å². The number of hydrogen-bond donors (Lipinski definition) is 0. The number of pyridine rings is 1. The maximum atomic E-state index is 12.6. The van der Waals surface area contributed by atoms with E-state index in [0.717, 1.165) is 18.9 Å². The monoisotopic (exact) mass is 261 g/mol. The van der Waals surface area contributed by atoms with Crippen LogP contribution in [0.5, 0.6) is 11.6 Å². The molecule has 1 fully saturated rings. The van der Waals surface area contributed by atoms with Gasteiger partial charge >= 0.3 is 6.18 Å². The summed E-state index contributed by atoms with van der Waals surface area (Å²) in [5.74, 6) is 0.186. The van der Waals surface area contributed by atoms with Crippen molar-refractivity contribution in [3.05, 3.63) is 17.8 Å². The molecule has 1 heterocycles. The van der Waals surface area contributed by atoms with Crippen molar-refractivity contribution < 1.29 is 22.6 Å². The summed E-state index contributed by atoms with van der Waals surface area (Å²) >= 11 is 0. The molecule has 6 heteroatoms. The Hall–Kier alpha value is -1.46. The maximum Gasteiger partial charge on any atom is 0.433 e. The Bertz CT molecular complexity index is 428. The average Bonchev–Trinajstić information content (AvgIpc) is 3.02. The number of aromatic nitrogens is 1. The van der Waals surface area contributed by atoms with E-state index in [2.05, 4.69) is 4.98 Å². The van der Waals surface area contributed by atoms with Gasteiger partial charge in [-0.05, 0) is 38.8 Å². The smallest absolute Gasteiger partial charge is 0.433 e. The van der Waals surface area contributed by atoms with Crippen molar-refractivity contribution in [2.75, 3.05) is 0 Å². The molecule has 100 valence electrons. The maximum absolute atomic E-state index is 12.6. The topological polar surface area (TPSA) is 31.4 Å². The van der Waals surface area contributed by atoms with Gasteiger partial charge in [0, 0.05) is 0 Å². The van der Waals surface area contributed by atoms with E-state index in [1.165, 1.54) is 6.07 Å². The molecule has 0 aliphatic heterocycles. The van der Waals surface area contributed by atoms with Crippen molar-refractivity contribution in [1.29, 1.82) is 0 Å². The van der Waals surface area contributed by atoms with Gasteiger partial charge in [-0.25, -0.2) is 4.98 Å². The Labute approximate surface area is 103 Å².